The minimum atomic E-state index is -3.77. The highest BCUT2D eigenvalue weighted by Crippen LogP contribution is 2.36. The van der Waals surface area contributed by atoms with Gasteiger partial charge in [0.1, 0.15) is 12.5 Å². The van der Waals surface area contributed by atoms with E-state index in [1.807, 2.05) is 73.6 Å². The van der Waals surface area contributed by atoms with E-state index in [-0.39, 0.29) is 12.5 Å². The molecule has 1 aliphatic rings. The van der Waals surface area contributed by atoms with Crippen molar-refractivity contribution in [1.82, 2.24) is 10.2 Å². The normalized spacial score (nSPS) is 15.2. The Hall–Kier alpha value is -4.02. The summed E-state index contributed by atoms with van der Waals surface area (Å²) in [5, 5.41) is 5.67. The van der Waals surface area contributed by atoms with Gasteiger partial charge in [0, 0.05) is 18.8 Å². The summed E-state index contributed by atoms with van der Waals surface area (Å²) in [6.07, 6.45) is 1.06. The highest BCUT2D eigenvalue weighted by Gasteiger charge is 2.35. The van der Waals surface area contributed by atoms with Crippen LogP contribution in [0.15, 0.2) is 83.9 Å². The number of carbonyl (C=O) groups excluding carboxylic acids is 2. The molecule has 198 valence electrons. The molecule has 0 saturated carbocycles. The molecule has 2 N–H and O–H groups in total. The van der Waals surface area contributed by atoms with E-state index in [0.29, 0.717) is 30.2 Å². The largest absolute Gasteiger partial charge is 0.353 e. The van der Waals surface area contributed by atoms with Gasteiger partial charge in [-0.15, -0.1) is 0 Å². The van der Waals surface area contributed by atoms with Gasteiger partial charge >= 0.3 is 0 Å². The average molecular weight is 534 g/mol. The molecule has 1 heterocycles. The van der Waals surface area contributed by atoms with Crippen LogP contribution >= 0.6 is 0 Å². The zero-order valence-corrected chi connectivity index (χ0v) is 22.4. The van der Waals surface area contributed by atoms with Crippen molar-refractivity contribution < 1.29 is 18.0 Å². The van der Waals surface area contributed by atoms with Gasteiger partial charge in [0.15, 0.2) is 0 Å². The predicted octanol–water partition coefficient (Wildman–Crippen LogP) is 2.99. The lowest BCUT2D eigenvalue weighted by Gasteiger charge is -2.22. The van der Waals surface area contributed by atoms with E-state index >= 15 is 0 Å². The molecule has 2 amide bonds. The van der Waals surface area contributed by atoms with Crippen LogP contribution in [0.3, 0.4) is 0 Å². The SMILES string of the molecule is CN(C)CCNC(=O)CN(c1cccc(N=C(c2ccccc2)C2C(=O)Nc3ccccc32)c1)S(C)(=O)=O. The lowest BCUT2D eigenvalue weighted by Crippen LogP contribution is -2.42. The van der Waals surface area contributed by atoms with Crippen LogP contribution in [-0.2, 0) is 19.6 Å². The van der Waals surface area contributed by atoms with E-state index in [2.05, 4.69) is 10.6 Å². The Labute approximate surface area is 223 Å². The molecule has 10 heteroatoms. The number of amides is 2. The van der Waals surface area contributed by atoms with Crippen LogP contribution in [0, 0.1) is 0 Å². The smallest absolute Gasteiger partial charge is 0.240 e. The van der Waals surface area contributed by atoms with Crippen LogP contribution in [-0.4, -0.2) is 70.8 Å². The van der Waals surface area contributed by atoms with Crippen LogP contribution in [0.1, 0.15) is 17.0 Å². The molecule has 1 aliphatic heterocycles. The van der Waals surface area contributed by atoms with Crippen molar-refractivity contribution in [2.45, 2.75) is 5.92 Å². The summed E-state index contributed by atoms with van der Waals surface area (Å²) in [6.45, 7) is 0.678. The molecular formula is C28H31N5O4S. The predicted molar refractivity (Wildman–Crippen MR) is 151 cm³/mol. The first-order chi connectivity index (χ1) is 18.1. The molecule has 0 bridgehead atoms. The standard InChI is InChI=1S/C28H31N5O4S/c1-32(2)17-16-29-25(34)19-33(38(3,36)37)22-13-9-12-21(18-22)30-27(20-10-5-4-6-11-20)26-23-14-7-8-15-24(23)31-28(26)35/h4-15,18,26H,16-17,19H2,1-3H3,(H,29,34)(H,31,35). The fourth-order valence-electron chi connectivity index (χ4n) is 4.25. The highest BCUT2D eigenvalue weighted by atomic mass is 32.2. The first-order valence-corrected chi connectivity index (χ1v) is 14.0. The fourth-order valence-corrected chi connectivity index (χ4v) is 5.10. The number of fused-ring (bicyclic) bond motifs is 1. The van der Waals surface area contributed by atoms with Gasteiger partial charge in [0.2, 0.25) is 21.8 Å². The summed E-state index contributed by atoms with van der Waals surface area (Å²) < 4.78 is 26.3. The molecule has 1 atom stereocenters. The van der Waals surface area contributed by atoms with Gasteiger partial charge in [0.25, 0.3) is 0 Å². The van der Waals surface area contributed by atoms with Gasteiger partial charge in [-0.3, -0.25) is 18.9 Å². The maximum absolute atomic E-state index is 13.1. The molecule has 4 rings (SSSR count). The van der Waals surface area contributed by atoms with E-state index in [1.165, 1.54) is 0 Å². The number of nitrogens with one attached hydrogen (secondary N) is 2. The van der Waals surface area contributed by atoms with Crippen molar-refractivity contribution in [2.24, 2.45) is 4.99 Å². The first-order valence-electron chi connectivity index (χ1n) is 12.2. The monoisotopic (exact) mass is 533 g/mol. The molecule has 0 fully saturated rings. The van der Waals surface area contributed by atoms with Crippen LogP contribution in [0.5, 0.6) is 0 Å². The molecule has 0 aromatic heterocycles. The van der Waals surface area contributed by atoms with Gasteiger partial charge in [-0.25, -0.2) is 8.42 Å². The highest BCUT2D eigenvalue weighted by molar-refractivity contribution is 7.92. The number of rotatable bonds is 10. The molecule has 9 nitrogen and oxygen atoms in total. The number of likely N-dealkylation sites (N-methyl/N-ethyl adjacent to an activating group) is 1. The van der Waals surface area contributed by atoms with Gasteiger partial charge < -0.3 is 15.5 Å². The topological polar surface area (TPSA) is 111 Å². The quantitative estimate of drug-likeness (QED) is 0.389. The summed E-state index contributed by atoms with van der Waals surface area (Å²) in [6, 6.07) is 23.5. The number of hydrogen-bond donors (Lipinski definition) is 2. The summed E-state index contributed by atoms with van der Waals surface area (Å²) in [7, 11) is 0.00806. The fraction of sp³-hybridized carbons (Fsp3) is 0.250. The first kappa shape index (κ1) is 27.0. The van der Waals surface area contributed by atoms with E-state index in [1.54, 1.807) is 24.3 Å². The molecule has 0 aliphatic carbocycles. The van der Waals surface area contributed by atoms with Gasteiger partial charge in [-0.2, -0.15) is 0 Å². The van der Waals surface area contributed by atoms with E-state index < -0.39 is 21.8 Å². The average Bonchev–Trinajstić information content (AvgIpc) is 3.21. The number of nitrogens with zero attached hydrogens (tertiary/aromatic N) is 3. The molecule has 3 aromatic carbocycles. The molecule has 0 saturated heterocycles. The van der Waals surface area contributed by atoms with Crippen LogP contribution < -0.4 is 14.9 Å². The molecule has 1 unspecified atom stereocenters. The van der Waals surface area contributed by atoms with Crippen molar-refractivity contribution in [2.75, 3.05) is 49.6 Å². The number of sulfonamides is 1. The zero-order valence-electron chi connectivity index (χ0n) is 21.6. The van der Waals surface area contributed by atoms with Crippen molar-refractivity contribution >= 4 is 44.6 Å². The number of aliphatic imine (C=N–C) groups is 1. The number of para-hydroxylation sites is 1. The van der Waals surface area contributed by atoms with Crippen molar-refractivity contribution in [1.29, 1.82) is 0 Å². The summed E-state index contributed by atoms with van der Waals surface area (Å²) in [4.78, 5) is 32.4. The minimum Gasteiger partial charge on any atom is -0.353 e. The van der Waals surface area contributed by atoms with Crippen molar-refractivity contribution in [3.63, 3.8) is 0 Å². The minimum absolute atomic E-state index is 0.183. The number of hydrogen-bond acceptors (Lipinski definition) is 6. The lowest BCUT2D eigenvalue weighted by molar-refractivity contribution is -0.119. The number of anilines is 2. The third-order valence-corrected chi connectivity index (χ3v) is 7.21. The second kappa shape index (κ2) is 11.6. The maximum Gasteiger partial charge on any atom is 0.240 e. The Morgan fingerprint density at radius 2 is 1.71 bits per heavy atom. The summed E-state index contributed by atoms with van der Waals surface area (Å²) >= 11 is 0. The van der Waals surface area contributed by atoms with E-state index in [0.717, 1.165) is 27.4 Å². The second-order valence-corrected chi connectivity index (χ2v) is 11.2. The molecule has 38 heavy (non-hydrogen) atoms. The van der Waals surface area contributed by atoms with E-state index in [9.17, 15) is 18.0 Å². The van der Waals surface area contributed by atoms with Crippen molar-refractivity contribution in [3.8, 4) is 0 Å². The second-order valence-electron chi connectivity index (χ2n) is 9.32. The molecule has 3 aromatic rings. The van der Waals surface area contributed by atoms with Crippen molar-refractivity contribution in [3.05, 3.63) is 90.0 Å². The summed E-state index contributed by atoms with van der Waals surface area (Å²) in [5.41, 5.74) is 3.64. The Kier molecular flexibility index (Phi) is 8.23. The molecular weight excluding hydrogens is 502 g/mol. The Morgan fingerprint density at radius 1 is 1.00 bits per heavy atom. The lowest BCUT2D eigenvalue weighted by atomic mass is 9.90. The van der Waals surface area contributed by atoms with Gasteiger partial charge in [0.05, 0.1) is 23.3 Å². The summed E-state index contributed by atoms with van der Waals surface area (Å²) in [5.74, 6) is -1.22. The van der Waals surface area contributed by atoms with Gasteiger partial charge in [-0.05, 0) is 49.5 Å². The Bertz CT molecular complexity index is 1450. The third-order valence-electron chi connectivity index (χ3n) is 6.07. The van der Waals surface area contributed by atoms with Crippen LogP contribution in [0.2, 0.25) is 0 Å². The number of carbonyl (C=O) groups is 2. The van der Waals surface area contributed by atoms with Crippen LogP contribution in [0.25, 0.3) is 0 Å². The molecule has 0 radical (unpaired) electrons. The third kappa shape index (κ3) is 6.45. The molecule has 0 spiro atoms. The Morgan fingerprint density at radius 3 is 2.42 bits per heavy atom. The van der Waals surface area contributed by atoms with E-state index in [4.69, 9.17) is 4.99 Å². The number of benzene rings is 3. The van der Waals surface area contributed by atoms with Crippen LogP contribution in [0.4, 0.5) is 17.1 Å². The van der Waals surface area contributed by atoms with Gasteiger partial charge in [-0.1, -0.05) is 54.6 Å². The maximum atomic E-state index is 13.1. The Balaban J connectivity index is 1.71. The zero-order chi connectivity index (χ0) is 27.3.